The van der Waals surface area contributed by atoms with Crippen LogP contribution in [0.3, 0.4) is 0 Å². The van der Waals surface area contributed by atoms with Crippen LogP contribution in [0.25, 0.3) is 10.9 Å². The van der Waals surface area contributed by atoms with Crippen molar-refractivity contribution in [1.29, 1.82) is 0 Å². The summed E-state index contributed by atoms with van der Waals surface area (Å²) in [5, 5.41) is 9.43. The molecule has 1 aromatic heterocycles. The SMILES string of the molecule is COc1ccc2c(C(=O)O)cc(=O)[nH]c2c1. The van der Waals surface area contributed by atoms with Gasteiger partial charge < -0.3 is 14.8 Å². The van der Waals surface area contributed by atoms with Gasteiger partial charge in [0.1, 0.15) is 5.75 Å². The number of ether oxygens (including phenoxy) is 1. The summed E-state index contributed by atoms with van der Waals surface area (Å²) in [6, 6.07) is 5.90. The highest BCUT2D eigenvalue weighted by molar-refractivity contribution is 6.02. The molecule has 5 heteroatoms. The van der Waals surface area contributed by atoms with E-state index in [1.54, 1.807) is 18.2 Å². The fourth-order valence-electron chi connectivity index (χ4n) is 1.54. The van der Waals surface area contributed by atoms with Crippen molar-refractivity contribution in [3.63, 3.8) is 0 Å². The van der Waals surface area contributed by atoms with E-state index >= 15 is 0 Å². The summed E-state index contributed by atoms with van der Waals surface area (Å²) in [6.45, 7) is 0. The number of nitrogens with one attached hydrogen (secondary N) is 1. The highest BCUT2D eigenvalue weighted by atomic mass is 16.5. The predicted octanol–water partition coefficient (Wildman–Crippen LogP) is 1.23. The van der Waals surface area contributed by atoms with Crippen LogP contribution in [-0.4, -0.2) is 23.2 Å². The first-order valence-corrected chi connectivity index (χ1v) is 4.56. The molecule has 0 amide bonds. The van der Waals surface area contributed by atoms with Gasteiger partial charge in [-0.05, 0) is 12.1 Å². The van der Waals surface area contributed by atoms with Crippen molar-refractivity contribution in [3.8, 4) is 5.75 Å². The Morgan fingerprint density at radius 1 is 1.38 bits per heavy atom. The predicted molar refractivity (Wildman–Crippen MR) is 58.1 cm³/mol. The molecule has 0 aliphatic heterocycles. The van der Waals surface area contributed by atoms with Crippen molar-refractivity contribution in [2.45, 2.75) is 0 Å². The summed E-state index contributed by atoms with van der Waals surface area (Å²) in [6.07, 6.45) is 0. The molecule has 1 aromatic carbocycles. The average Bonchev–Trinajstić information content (AvgIpc) is 2.26. The molecule has 5 nitrogen and oxygen atoms in total. The molecule has 1 heterocycles. The molecule has 0 unspecified atom stereocenters. The van der Waals surface area contributed by atoms with Crippen LogP contribution in [0.15, 0.2) is 29.1 Å². The topological polar surface area (TPSA) is 79.4 Å². The number of benzene rings is 1. The zero-order valence-corrected chi connectivity index (χ0v) is 8.48. The first-order valence-electron chi connectivity index (χ1n) is 4.56. The lowest BCUT2D eigenvalue weighted by atomic mass is 10.1. The third-order valence-corrected chi connectivity index (χ3v) is 2.28. The van der Waals surface area contributed by atoms with Gasteiger partial charge in [-0.2, -0.15) is 0 Å². The number of carboxylic acids is 1. The zero-order chi connectivity index (χ0) is 11.7. The number of rotatable bonds is 2. The van der Waals surface area contributed by atoms with E-state index < -0.39 is 11.5 Å². The maximum Gasteiger partial charge on any atom is 0.336 e. The molecule has 0 saturated carbocycles. The molecule has 2 N–H and O–H groups in total. The number of hydrogen-bond donors (Lipinski definition) is 2. The van der Waals surface area contributed by atoms with E-state index in [0.29, 0.717) is 16.7 Å². The Bertz CT molecular complexity index is 615. The molecule has 16 heavy (non-hydrogen) atoms. The minimum atomic E-state index is -1.12. The van der Waals surface area contributed by atoms with Crippen LogP contribution in [0.1, 0.15) is 10.4 Å². The molecule has 2 rings (SSSR count). The van der Waals surface area contributed by atoms with Crippen molar-refractivity contribution in [1.82, 2.24) is 4.98 Å². The number of carboxylic acid groups (broad SMARTS) is 1. The molecule has 2 aromatic rings. The van der Waals surface area contributed by atoms with Gasteiger partial charge in [0.05, 0.1) is 18.2 Å². The van der Waals surface area contributed by atoms with Crippen LogP contribution in [-0.2, 0) is 0 Å². The third-order valence-electron chi connectivity index (χ3n) is 2.28. The minimum absolute atomic E-state index is 0.0126. The van der Waals surface area contributed by atoms with Gasteiger partial charge in [-0.15, -0.1) is 0 Å². The highest BCUT2D eigenvalue weighted by Crippen LogP contribution is 2.20. The van der Waals surface area contributed by atoms with Crippen molar-refractivity contribution < 1.29 is 14.6 Å². The number of H-pyrrole nitrogens is 1. The molecule has 0 aliphatic rings. The van der Waals surface area contributed by atoms with Gasteiger partial charge in [0.15, 0.2) is 0 Å². The van der Waals surface area contributed by atoms with E-state index in [1.165, 1.54) is 7.11 Å². The highest BCUT2D eigenvalue weighted by Gasteiger charge is 2.10. The second-order valence-corrected chi connectivity index (χ2v) is 3.26. The number of hydrogen-bond acceptors (Lipinski definition) is 3. The maximum atomic E-state index is 11.2. The quantitative estimate of drug-likeness (QED) is 0.796. The molecule has 0 radical (unpaired) electrons. The summed E-state index contributed by atoms with van der Waals surface area (Å²) in [7, 11) is 1.50. The number of pyridine rings is 1. The Morgan fingerprint density at radius 3 is 2.75 bits per heavy atom. The number of fused-ring (bicyclic) bond motifs is 1. The Kier molecular flexibility index (Phi) is 2.36. The lowest BCUT2D eigenvalue weighted by Gasteiger charge is -2.04. The molecule has 0 atom stereocenters. The third kappa shape index (κ3) is 1.63. The van der Waals surface area contributed by atoms with Crippen molar-refractivity contribution in [2.24, 2.45) is 0 Å². The normalized spacial score (nSPS) is 10.3. The molecular weight excluding hydrogens is 210 g/mol. The molecule has 0 aliphatic carbocycles. The van der Waals surface area contributed by atoms with Gasteiger partial charge in [0.2, 0.25) is 5.56 Å². The fourth-order valence-corrected chi connectivity index (χ4v) is 1.54. The van der Waals surface area contributed by atoms with E-state index in [9.17, 15) is 9.59 Å². The van der Waals surface area contributed by atoms with E-state index in [4.69, 9.17) is 9.84 Å². The smallest absolute Gasteiger partial charge is 0.336 e. The summed E-state index contributed by atoms with van der Waals surface area (Å²) in [5.74, 6) is -0.563. The second-order valence-electron chi connectivity index (χ2n) is 3.26. The van der Waals surface area contributed by atoms with Crippen molar-refractivity contribution in [3.05, 3.63) is 40.2 Å². The summed E-state index contributed by atoms with van der Waals surface area (Å²) >= 11 is 0. The summed E-state index contributed by atoms with van der Waals surface area (Å²) in [4.78, 5) is 24.7. The zero-order valence-electron chi connectivity index (χ0n) is 8.48. The molecule has 82 valence electrons. The summed E-state index contributed by atoms with van der Waals surface area (Å²) in [5.41, 5.74) is -0.0104. The second kappa shape index (κ2) is 3.69. The Morgan fingerprint density at radius 2 is 2.12 bits per heavy atom. The van der Waals surface area contributed by atoms with Crippen LogP contribution in [0, 0.1) is 0 Å². The summed E-state index contributed by atoms with van der Waals surface area (Å²) < 4.78 is 4.99. The molecule has 0 spiro atoms. The van der Waals surface area contributed by atoms with E-state index in [0.717, 1.165) is 6.07 Å². The van der Waals surface area contributed by atoms with Gasteiger partial charge in [-0.3, -0.25) is 4.79 Å². The Hall–Kier alpha value is -2.30. The average molecular weight is 219 g/mol. The van der Waals surface area contributed by atoms with E-state index in [1.807, 2.05) is 0 Å². The van der Waals surface area contributed by atoms with Crippen LogP contribution in [0.4, 0.5) is 0 Å². The standard InChI is InChI=1S/C11H9NO4/c1-16-6-2-3-7-8(11(14)15)5-10(13)12-9(7)4-6/h2-5H,1H3,(H,12,13)(H,14,15). The lowest BCUT2D eigenvalue weighted by molar-refractivity contribution is 0.0699. The molecule has 0 bridgehead atoms. The minimum Gasteiger partial charge on any atom is -0.497 e. The fraction of sp³-hybridized carbons (Fsp3) is 0.0909. The Labute approximate surface area is 90.3 Å². The lowest BCUT2D eigenvalue weighted by Crippen LogP contribution is -2.10. The van der Waals surface area contributed by atoms with E-state index in [-0.39, 0.29) is 5.56 Å². The van der Waals surface area contributed by atoms with Crippen LogP contribution in [0.2, 0.25) is 0 Å². The van der Waals surface area contributed by atoms with Crippen LogP contribution < -0.4 is 10.3 Å². The molecule has 0 saturated heterocycles. The largest absolute Gasteiger partial charge is 0.497 e. The van der Waals surface area contributed by atoms with E-state index in [2.05, 4.69) is 4.98 Å². The number of methoxy groups -OCH3 is 1. The monoisotopic (exact) mass is 219 g/mol. The first kappa shape index (κ1) is 10.2. The number of aromatic amines is 1. The van der Waals surface area contributed by atoms with Gasteiger partial charge >= 0.3 is 5.97 Å². The van der Waals surface area contributed by atoms with Crippen LogP contribution in [0.5, 0.6) is 5.75 Å². The van der Waals surface area contributed by atoms with Gasteiger partial charge in [-0.1, -0.05) is 0 Å². The van der Waals surface area contributed by atoms with Gasteiger partial charge in [0, 0.05) is 17.5 Å². The number of aromatic carboxylic acids is 1. The van der Waals surface area contributed by atoms with Gasteiger partial charge in [-0.25, -0.2) is 4.79 Å². The first-order chi connectivity index (χ1) is 7.61. The number of carbonyl (C=O) groups is 1. The Balaban J connectivity index is 2.83. The van der Waals surface area contributed by atoms with Crippen molar-refractivity contribution >= 4 is 16.9 Å². The molecular formula is C11H9NO4. The maximum absolute atomic E-state index is 11.2. The molecule has 0 fully saturated rings. The van der Waals surface area contributed by atoms with Crippen LogP contribution >= 0.6 is 0 Å². The van der Waals surface area contributed by atoms with Gasteiger partial charge in [0.25, 0.3) is 0 Å². The number of aromatic nitrogens is 1. The van der Waals surface area contributed by atoms with Crippen molar-refractivity contribution in [2.75, 3.05) is 7.11 Å².